The van der Waals surface area contributed by atoms with Gasteiger partial charge in [-0.25, -0.2) is 4.68 Å². The zero-order valence-electron chi connectivity index (χ0n) is 11.3. The summed E-state index contributed by atoms with van der Waals surface area (Å²) >= 11 is 4.30. The number of aliphatic hydroxyl groups is 2. The molecule has 2 N–H and O–H groups in total. The number of thiol groups is 1. The van der Waals surface area contributed by atoms with Gasteiger partial charge in [0, 0.05) is 12.0 Å². The number of ether oxygens (including phenoxy) is 1. The van der Waals surface area contributed by atoms with Crippen LogP contribution in [0.3, 0.4) is 0 Å². The van der Waals surface area contributed by atoms with Gasteiger partial charge < -0.3 is 14.9 Å². The highest BCUT2D eigenvalue weighted by atomic mass is 32.1. The van der Waals surface area contributed by atoms with Gasteiger partial charge in [-0.3, -0.25) is 0 Å². The van der Waals surface area contributed by atoms with Gasteiger partial charge in [-0.05, 0) is 0 Å². The Balaban J connectivity index is 1.85. The lowest BCUT2D eigenvalue weighted by atomic mass is 10.00. The maximum Gasteiger partial charge on any atom is 0.113 e. The van der Waals surface area contributed by atoms with Gasteiger partial charge in [0.05, 0.1) is 18.8 Å². The van der Waals surface area contributed by atoms with Crippen LogP contribution < -0.4 is 0 Å². The zero-order chi connectivity index (χ0) is 14.8. The number of benzene rings is 1. The second kappa shape index (κ2) is 6.15. The first-order valence-electron chi connectivity index (χ1n) is 6.78. The summed E-state index contributed by atoms with van der Waals surface area (Å²) in [6, 6.07) is 9.39. The van der Waals surface area contributed by atoms with Gasteiger partial charge in [0.15, 0.2) is 0 Å². The number of aromatic nitrogens is 3. The van der Waals surface area contributed by atoms with Crippen LogP contribution in [-0.2, 0) is 4.74 Å². The normalized spacial score (nSPS) is 29.5. The Morgan fingerprint density at radius 3 is 2.81 bits per heavy atom. The highest BCUT2D eigenvalue weighted by Crippen LogP contribution is 2.31. The summed E-state index contributed by atoms with van der Waals surface area (Å²) in [4.78, 5) is 0. The van der Waals surface area contributed by atoms with E-state index >= 15 is 0 Å². The van der Waals surface area contributed by atoms with E-state index in [-0.39, 0.29) is 18.1 Å². The quantitative estimate of drug-likeness (QED) is 0.734. The van der Waals surface area contributed by atoms with Crippen molar-refractivity contribution in [3.05, 3.63) is 36.5 Å². The Bertz CT molecular complexity index is 592. The molecule has 1 aromatic heterocycles. The fourth-order valence-corrected chi connectivity index (χ4v) is 2.90. The van der Waals surface area contributed by atoms with Crippen molar-refractivity contribution in [3.8, 4) is 11.3 Å². The highest BCUT2D eigenvalue weighted by molar-refractivity contribution is 7.80. The number of rotatable bonds is 3. The fraction of sp³-hybridized carbons (Fsp3) is 0.429. The average molecular weight is 307 g/mol. The second-order valence-electron chi connectivity index (χ2n) is 5.06. The van der Waals surface area contributed by atoms with E-state index in [0.717, 1.165) is 11.3 Å². The zero-order valence-corrected chi connectivity index (χ0v) is 12.2. The van der Waals surface area contributed by atoms with Crippen molar-refractivity contribution < 1.29 is 14.9 Å². The van der Waals surface area contributed by atoms with Crippen molar-refractivity contribution >= 4 is 12.6 Å². The van der Waals surface area contributed by atoms with Crippen molar-refractivity contribution in [3.63, 3.8) is 0 Å². The SMILES string of the molecule is OC[C@H]1O[C@@H](S)C[C@@H](n2cc(-c3ccccc3)nn2)[C@H]1O. The van der Waals surface area contributed by atoms with E-state index in [1.54, 1.807) is 10.9 Å². The summed E-state index contributed by atoms with van der Waals surface area (Å²) < 4.78 is 7.02. The Labute approximate surface area is 127 Å². The molecule has 2 heterocycles. The molecule has 112 valence electrons. The van der Waals surface area contributed by atoms with Crippen LogP contribution in [-0.4, -0.2) is 49.5 Å². The number of hydrogen-bond acceptors (Lipinski definition) is 6. The second-order valence-corrected chi connectivity index (χ2v) is 5.63. The summed E-state index contributed by atoms with van der Waals surface area (Å²) in [5.74, 6) is 0. The molecule has 0 saturated carbocycles. The maximum absolute atomic E-state index is 10.3. The fourth-order valence-electron chi connectivity index (χ4n) is 2.53. The summed E-state index contributed by atoms with van der Waals surface area (Å²) in [5.41, 5.74) is 1.36. The Kier molecular flexibility index (Phi) is 4.25. The summed E-state index contributed by atoms with van der Waals surface area (Å²) in [6.07, 6.45) is 0.793. The van der Waals surface area contributed by atoms with Crippen molar-refractivity contribution in [2.75, 3.05) is 6.61 Å². The molecule has 7 heteroatoms. The third-order valence-electron chi connectivity index (χ3n) is 3.65. The van der Waals surface area contributed by atoms with Crippen LogP contribution in [0.4, 0.5) is 0 Å². The molecule has 6 nitrogen and oxygen atoms in total. The third-order valence-corrected chi connectivity index (χ3v) is 3.98. The van der Waals surface area contributed by atoms with Crippen molar-refractivity contribution in [2.45, 2.75) is 30.1 Å². The smallest absolute Gasteiger partial charge is 0.113 e. The minimum absolute atomic E-state index is 0.255. The average Bonchev–Trinajstić information content (AvgIpc) is 3.00. The van der Waals surface area contributed by atoms with Gasteiger partial charge in [-0.15, -0.1) is 17.7 Å². The molecule has 0 aliphatic carbocycles. The first-order chi connectivity index (χ1) is 10.2. The molecule has 0 spiro atoms. The summed E-state index contributed by atoms with van der Waals surface area (Å²) in [5, 5.41) is 27.8. The Morgan fingerprint density at radius 2 is 2.10 bits per heavy atom. The molecule has 0 unspecified atom stereocenters. The first kappa shape index (κ1) is 14.5. The lowest BCUT2D eigenvalue weighted by molar-refractivity contribution is -0.130. The van der Waals surface area contributed by atoms with Crippen LogP contribution >= 0.6 is 12.6 Å². The molecule has 0 bridgehead atoms. The van der Waals surface area contributed by atoms with Gasteiger partial charge >= 0.3 is 0 Å². The lowest BCUT2D eigenvalue weighted by Crippen LogP contribution is -2.46. The summed E-state index contributed by atoms with van der Waals surface area (Å²) in [6.45, 7) is -0.255. The van der Waals surface area contributed by atoms with E-state index in [1.165, 1.54) is 0 Å². The van der Waals surface area contributed by atoms with Crippen LogP contribution in [0, 0.1) is 0 Å². The molecule has 21 heavy (non-hydrogen) atoms. The Hall–Kier alpha value is -1.41. The third kappa shape index (κ3) is 2.96. The standard InChI is InChI=1S/C14H17N3O3S/c18-8-12-14(19)11(6-13(21)20-12)17-7-10(15-16-17)9-4-2-1-3-5-9/h1-5,7,11-14,18-19,21H,6,8H2/t11-,12-,13+,14-/m1/s1. The molecule has 1 aliphatic rings. The van der Waals surface area contributed by atoms with Gasteiger partial charge in [-0.2, -0.15) is 0 Å². The minimum atomic E-state index is -0.844. The molecule has 4 atom stereocenters. The molecule has 1 fully saturated rings. The molecular formula is C14H17N3O3S. The van der Waals surface area contributed by atoms with Crippen LogP contribution in [0.1, 0.15) is 12.5 Å². The molecular weight excluding hydrogens is 290 g/mol. The molecule has 1 saturated heterocycles. The molecule has 2 aromatic rings. The molecule has 1 aromatic carbocycles. The highest BCUT2D eigenvalue weighted by Gasteiger charge is 2.37. The minimum Gasteiger partial charge on any atom is -0.394 e. The predicted octanol–water partition coefficient (Wildman–Crippen LogP) is 0.884. The molecule has 1 aliphatic heterocycles. The van der Waals surface area contributed by atoms with Crippen LogP contribution in [0.2, 0.25) is 0 Å². The molecule has 0 amide bonds. The number of aliphatic hydroxyl groups excluding tert-OH is 2. The van der Waals surface area contributed by atoms with E-state index in [1.807, 2.05) is 30.3 Å². The lowest BCUT2D eigenvalue weighted by Gasteiger charge is -2.36. The Morgan fingerprint density at radius 1 is 1.33 bits per heavy atom. The van der Waals surface area contributed by atoms with E-state index in [2.05, 4.69) is 22.9 Å². The van der Waals surface area contributed by atoms with Gasteiger partial charge in [0.2, 0.25) is 0 Å². The number of hydrogen-bond donors (Lipinski definition) is 3. The first-order valence-corrected chi connectivity index (χ1v) is 7.30. The van der Waals surface area contributed by atoms with E-state index in [4.69, 9.17) is 4.74 Å². The van der Waals surface area contributed by atoms with Crippen LogP contribution in [0.15, 0.2) is 36.5 Å². The van der Waals surface area contributed by atoms with Crippen LogP contribution in [0.5, 0.6) is 0 Å². The van der Waals surface area contributed by atoms with Gasteiger partial charge in [0.1, 0.15) is 23.3 Å². The summed E-state index contributed by atoms with van der Waals surface area (Å²) in [7, 11) is 0. The van der Waals surface area contributed by atoms with Crippen LogP contribution in [0.25, 0.3) is 11.3 Å². The van der Waals surface area contributed by atoms with E-state index < -0.39 is 12.2 Å². The molecule has 3 rings (SSSR count). The van der Waals surface area contributed by atoms with Crippen molar-refractivity contribution in [1.82, 2.24) is 15.0 Å². The van der Waals surface area contributed by atoms with Crippen molar-refractivity contribution in [2.24, 2.45) is 0 Å². The van der Waals surface area contributed by atoms with E-state index in [0.29, 0.717) is 6.42 Å². The largest absolute Gasteiger partial charge is 0.394 e. The number of nitrogens with zero attached hydrogens (tertiary/aromatic N) is 3. The van der Waals surface area contributed by atoms with Gasteiger partial charge in [0.25, 0.3) is 0 Å². The topological polar surface area (TPSA) is 80.4 Å². The van der Waals surface area contributed by atoms with Gasteiger partial charge in [-0.1, -0.05) is 35.5 Å². The predicted molar refractivity (Wildman–Crippen MR) is 79.9 cm³/mol. The monoisotopic (exact) mass is 307 g/mol. The van der Waals surface area contributed by atoms with Crippen molar-refractivity contribution in [1.29, 1.82) is 0 Å². The van der Waals surface area contributed by atoms with E-state index in [9.17, 15) is 10.2 Å². The molecule has 0 radical (unpaired) electrons. The maximum atomic E-state index is 10.3.